The van der Waals surface area contributed by atoms with Gasteiger partial charge in [-0.2, -0.15) is 0 Å². The van der Waals surface area contributed by atoms with Crippen LogP contribution in [0.2, 0.25) is 0 Å². The molecule has 0 aliphatic rings. The SMILES string of the molecule is CCC(CC)c1cc(CNC(=NC)NCc2ccc(S(=O)(=O)N(C)C)s2)on1.I. The first-order valence-corrected chi connectivity index (χ1v) is 11.5. The quantitative estimate of drug-likeness (QED) is 0.280. The van der Waals surface area contributed by atoms with Gasteiger partial charge >= 0.3 is 0 Å². The number of hydrogen-bond donors (Lipinski definition) is 2. The minimum atomic E-state index is -3.40. The first-order valence-electron chi connectivity index (χ1n) is 9.23. The molecule has 0 saturated heterocycles. The minimum absolute atomic E-state index is 0. The maximum Gasteiger partial charge on any atom is 0.252 e. The number of hydrogen-bond acceptors (Lipinski definition) is 6. The third-order valence-electron chi connectivity index (χ3n) is 4.44. The van der Waals surface area contributed by atoms with Crippen LogP contribution in [-0.4, -0.2) is 45.0 Å². The monoisotopic (exact) mass is 555 g/mol. The second kappa shape index (κ2) is 11.9. The molecule has 0 bridgehead atoms. The van der Waals surface area contributed by atoms with Crippen molar-refractivity contribution < 1.29 is 12.9 Å². The predicted molar refractivity (Wildman–Crippen MR) is 127 cm³/mol. The summed E-state index contributed by atoms with van der Waals surface area (Å²) in [6.45, 7) is 5.23. The number of rotatable bonds is 9. The first kappa shape index (κ1) is 25.9. The smallest absolute Gasteiger partial charge is 0.252 e. The van der Waals surface area contributed by atoms with E-state index in [0.29, 0.717) is 29.2 Å². The third kappa shape index (κ3) is 6.93. The van der Waals surface area contributed by atoms with Gasteiger partial charge in [-0.15, -0.1) is 35.3 Å². The van der Waals surface area contributed by atoms with E-state index in [0.717, 1.165) is 29.2 Å². The Morgan fingerprint density at radius 3 is 2.48 bits per heavy atom. The molecule has 2 aromatic rings. The lowest BCUT2D eigenvalue weighted by molar-refractivity contribution is 0.368. The number of sulfonamides is 1. The van der Waals surface area contributed by atoms with E-state index in [4.69, 9.17) is 4.52 Å². The van der Waals surface area contributed by atoms with Crippen LogP contribution in [0.25, 0.3) is 0 Å². The van der Waals surface area contributed by atoms with Crippen molar-refractivity contribution in [2.24, 2.45) is 4.99 Å². The van der Waals surface area contributed by atoms with Crippen molar-refractivity contribution in [3.05, 3.63) is 34.5 Å². The second-order valence-corrected chi connectivity index (χ2v) is 10.1. The van der Waals surface area contributed by atoms with Crippen LogP contribution < -0.4 is 10.6 Å². The van der Waals surface area contributed by atoms with E-state index in [-0.39, 0.29) is 24.0 Å². The summed E-state index contributed by atoms with van der Waals surface area (Å²) in [6.07, 6.45) is 2.07. The highest BCUT2D eigenvalue weighted by Gasteiger charge is 2.19. The van der Waals surface area contributed by atoms with Gasteiger partial charge in [0.25, 0.3) is 10.0 Å². The highest BCUT2D eigenvalue weighted by atomic mass is 127. The molecule has 0 aliphatic carbocycles. The number of aromatic nitrogens is 1. The standard InChI is InChI=1S/C18H29N5O3S2.HI/c1-6-13(7-2)16-10-14(26-22-16)11-20-18(19-3)21-12-15-8-9-17(27-15)28(24,25)23(4)5;/h8-10,13H,6-7,11-12H2,1-5H3,(H2,19,20,21);1H. The molecule has 0 atom stereocenters. The molecule has 2 rings (SSSR count). The Labute approximate surface area is 194 Å². The van der Waals surface area contributed by atoms with Gasteiger partial charge in [0.1, 0.15) is 4.21 Å². The molecule has 0 spiro atoms. The van der Waals surface area contributed by atoms with E-state index >= 15 is 0 Å². The van der Waals surface area contributed by atoms with Gasteiger partial charge in [-0.1, -0.05) is 19.0 Å². The summed E-state index contributed by atoms with van der Waals surface area (Å²) < 4.78 is 31.3. The maximum absolute atomic E-state index is 12.2. The zero-order valence-corrected chi connectivity index (χ0v) is 21.4. The molecule has 0 unspecified atom stereocenters. The fourth-order valence-electron chi connectivity index (χ4n) is 2.65. The van der Waals surface area contributed by atoms with Crippen molar-refractivity contribution in [1.29, 1.82) is 0 Å². The summed E-state index contributed by atoms with van der Waals surface area (Å²) in [4.78, 5) is 5.09. The van der Waals surface area contributed by atoms with E-state index in [2.05, 4.69) is 34.6 Å². The zero-order chi connectivity index (χ0) is 20.7. The molecule has 164 valence electrons. The van der Waals surface area contributed by atoms with Crippen LogP contribution in [-0.2, 0) is 23.1 Å². The Morgan fingerprint density at radius 1 is 1.24 bits per heavy atom. The largest absolute Gasteiger partial charge is 0.359 e. The Hall–Kier alpha value is -1.18. The van der Waals surface area contributed by atoms with Crippen molar-refractivity contribution in [2.75, 3.05) is 21.1 Å². The minimum Gasteiger partial charge on any atom is -0.359 e. The Bertz CT molecular complexity index is 889. The van der Waals surface area contributed by atoms with Crippen molar-refractivity contribution in [3.8, 4) is 0 Å². The van der Waals surface area contributed by atoms with E-state index < -0.39 is 10.0 Å². The van der Waals surface area contributed by atoms with Gasteiger partial charge in [-0.05, 0) is 25.0 Å². The number of nitrogens with one attached hydrogen (secondary N) is 2. The summed E-state index contributed by atoms with van der Waals surface area (Å²) in [5.74, 6) is 1.77. The van der Waals surface area contributed by atoms with Crippen molar-refractivity contribution >= 4 is 51.3 Å². The van der Waals surface area contributed by atoms with Gasteiger partial charge in [0.2, 0.25) is 0 Å². The molecule has 0 amide bonds. The first-order chi connectivity index (χ1) is 13.3. The lowest BCUT2D eigenvalue weighted by Gasteiger charge is -2.10. The molecule has 0 aliphatic heterocycles. The maximum atomic E-state index is 12.2. The second-order valence-electron chi connectivity index (χ2n) is 6.52. The average Bonchev–Trinajstić information content (AvgIpc) is 3.33. The van der Waals surface area contributed by atoms with Crippen LogP contribution in [0.3, 0.4) is 0 Å². The normalized spacial score (nSPS) is 12.3. The Kier molecular flexibility index (Phi) is 10.6. The summed E-state index contributed by atoms with van der Waals surface area (Å²) in [6, 6.07) is 5.41. The van der Waals surface area contributed by atoms with Gasteiger partial charge in [0.15, 0.2) is 11.7 Å². The van der Waals surface area contributed by atoms with Crippen LogP contribution in [0.5, 0.6) is 0 Å². The van der Waals surface area contributed by atoms with Gasteiger partial charge < -0.3 is 15.2 Å². The molecule has 2 N–H and O–H groups in total. The van der Waals surface area contributed by atoms with Crippen LogP contribution in [0.4, 0.5) is 0 Å². The fraction of sp³-hybridized carbons (Fsp3) is 0.556. The summed E-state index contributed by atoms with van der Waals surface area (Å²) in [5, 5.41) is 10.5. The van der Waals surface area contributed by atoms with Gasteiger partial charge in [-0.3, -0.25) is 4.99 Å². The molecule has 0 aromatic carbocycles. The average molecular weight is 556 g/mol. The number of thiophene rings is 1. The van der Waals surface area contributed by atoms with Crippen molar-refractivity contribution in [1.82, 2.24) is 20.1 Å². The van der Waals surface area contributed by atoms with Gasteiger partial charge in [-0.25, -0.2) is 12.7 Å². The van der Waals surface area contributed by atoms with Crippen molar-refractivity contribution in [2.45, 2.75) is 49.9 Å². The molecule has 2 aromatic heterocycles. The molecule has 0 fully saturated rings. The molecule has 11 heteroatoms. The zero-order valence-electron chi connectivity index (χ0n) is 17.4. The number of aliphatic imine (C=N–C) groups is 1. The lowest BCUT2D eigenvalue weighted by Crippen LogP contribution is -2.36. The Morgan fingerprint density at radius 2 is 1.90 bits per heavy atom. The van der Waals surface area contributed by atoms with E-state index in [1.165, 1.54) is 29.7 Å². The molecule has 0 radical (unpaired) electrons. The number of halogens is 1. The summed E-state index contributed by atoms with van der Waals surface area (Å²) in [7, 11) is 1.33. The molecule has 8 nitrogen and oxygen atoms in total. The molecular weight excluding hydrogens is 525 g/mol. The summed E-state index contributed by atoms with van der Waals surface area (Å²) >= 11 is 1.24. The molecular formula is C18H30IN5O3S2. The summed E-state index contributed by atoms with van der Waals surface area (Å²) in [5.41, 5.74) is 0.984. The Balaban J connectivity index is 0.00000420. The van der Waals surface area contributed by atoms with E-state index in [9.17, 15) is 8.42 Å². The van der Waals surface area contributed by atoms with Crippen molar-refractivity contribution in [3.63, 3.8) is 0 Å². The molecule has 29 heavy (non-hydrogen) atoms. The molecule has 2 heterocycles. The van der Waals surface area contributed by atoms with Crippen LogP contribution in [0, 0.1) is 0 Å². The van der Waals surface area contributed by atoms with E-state index in [1.807, 2.05) is 6.07 Å². The van der Waals surface area contributed by atoms with E-state index in [1.54, 1.807) is 19.2 Å². The highest BCUT2D eigenvalue weighted by molar-refractivity contribution is 14.0. The molecule has 0 saturated carbocycles. The van der Waals surface area contributed by atoms with Gasteiger partial charge in [0, 0.05) is 38.0 Å². The van der Waals surface area contributed by atoms with Crippen LogP contribution >= 0.6 is 35.3 Å². The van der Waals surface area contributed by atoms with Gasteiger partial charge in [0.05, 0.1) is 18.8 Å². The highest BCUT2D eigenvalue weighted by Crippen LogP contribution is 2.24. The van der Waals surface area contributed by atoms with Crippen LogP contribution in [0.15, 0.2) is 31.9 Å². The third-order valence-corrected chi connectivity index (χ3v) is 7.80. The fourth-order valence-corrected chi connectivity index (χ4v) is 5.11. The topological polar surface area (TPSA) is 99.8 Å². The number of nitrogens with zero attached hydrogens (tertiary/aromatic N) is 3. The lowest BCUT2D eigenvalue weighted by atomic mass is 9.99. The predicted octanol–water partition coefficient (Wildman–Crippen LogP) is 3.37. The van der Waals surface area contributed by atoms with Crippen LogP contribution in [0.1, 0.15) is 48.9 Å². The number of guanidine groups is 1.